The number of aliphatic carboxylic acids is 1. The molecule has 0 unspecified atom stereocenters. The minimum Gasteiger partial charge on any atom is -0.480 e. The van der Waals surface area contributed by atoms with E-state index in [0.29, 0.717) is 19.1 Å². The summed E-state index contributed by atoms with van der Waals surface area (Å²) in [6.07, 6.45) is 0. The Morgan fingerprint density at radius 1 is 1.10 bits per heavy atom. The zero-order valence-corrected chi connectivity index (χ0v) is 13.1. The van der Waals surface area contributed by atoms with Crippen LogP contribution in [0.2, 0.25) is 0 Å². The fourth-order valence-electron chi connectivity index (χ4n) is 2.30. The van der Waals surface area contributed by atoms with Gasteiger partial charge in [-0.2, -0.15) is 0 Å². The van der Waals surface area contributed by atoms with Crippen molar-refractivity contribution in [3.05, 3.63) is 0 Å². The molecule has 0 aromatic rings. The van der Waals surface area contributed by atoms with Crippen molar-refractivity contribution in [2.75, 3.05) is 26.2 Å². The zero-order chi connectivity index (χ0) is 15.5. The van der Waals surface area contributed by atoms with Gasteiger partial charge >= 0.3 is 12.0 Å². The Hall–Kier alpha value is -1.30. The maximum atomic E-state index is 12.2. The van der Waals surface area contributed by atoms with Crippen LogP contribution in [0.3, 0.4) is 0 Å². The molecule has 1 saturated heterocycles. The SMILES string of the molecule is CC(C)N1CCN(C(=O)N[C@H](C(=O)O)C(C)(C)C)CC1. The van der Waals surface area contributed by atoms with Crippen LogP contribution in [0.4, 0.5) is 4.79 Å². The van der Waals surface area contributed by atoms with Gasteiger partial charge in [0.2, 0.25) is 0 Å². The highest BCUT2D eigenvalue weighted by molar-refractivity contribution is 5.83. The van der Waals surface area contributed by atoms with Gasteiger partial charge in [0.05, 0.1) is 0 Å². The second kappa shape index (κ2) is 6.43. The van der Waals surface area contributed by atoms with E-state index >= 15 is 0 Å². The molecule has 1 rings (SSSR count). The molecule has 1 fully saturated rings. The largest absolute Gasteiger partial charge is 0.480 e. The first-order valence-corrected chi connectivity index (χ1v) is 7.15. The van der Waals surface area contributed by atoms with Crippen molar-refractivity contribution in [2.45, 2.75) is 46.7 Å². The summed E-state index contributed by atoms with van der Waals surface area (Å²) in [4.78, 5) is 27.4. The number of rotatable bonds is 3. The van der Waals surface area contributed by atoms with Crippen molar-refractivity contribution in [2.24, 2.45) is 5.41 Å². The summed E-state index contributed by atoms with van der Waals surface area (Å²) in [6.45, 7) is 12.6. The van der Waals surface area contributed by atoms with Crippen LogP contribution in [-0.4, -0.2) is 65.2 Å². The van der Waals surface area contributed by atoms with Crippen molar-refractivity contribution < 1.29 is 14.7 Å². The Labute approximate surface area is 121 Å². The van der Waals surface area contributed by atoms with Crippen LogP contribution in [0, 0.1) is 5.41 Å². The number of carbonyl (C=O) groups is 2. The van der Waals surface area contributed by atoms with E-state index in [-0.39, 0.29) is 6.03 Å². The Morgan fingerprint density at radius 3 is 1.95 bits per heavy atom. The minimum absolute atomic E-state index is 0.282. The van der Waals surface area contributed by atoms with Gasteiger partial charge in [0, 0.05) is 32.2 Å². The molecule has 0 aliphatic carbocycles. The summed E-state index contributed by atoms with van der Waals surface area (Å²) < 4.78 is 0. The van der Waals surface area contributed by atoms with E-state index in [1.54, 1.807) is 4.90 Å². The van der Waals surface area contributed by atoms with Crippen LogP contribution in [0.5, 0.6) is 0 Å². The molecular weight excluding hydrogens is 258 g/mol. The monoisotopic (exact) mass is 285 g/mol. The molecule has 1 atom stereocenters. The first kappa shape index (κ1) is 16.8. The van der Waals surface area contributed by atoms with Crippen LogP contribution < -0.4 is 5.32 Å². The summed E-state index contributed by atoms with van der Waals surface area (Å²) in [7, 11) is 0. The lowest BCUT2D eigenvalue weighted by atomic mass is 9.87. The lowest BCUT2D eigenvalue weighted by Gasteiger charge is -2.38. The van der Waals surface area contributed by atoms with Crippen LogP contribution in [0.25, 0.3) is 0 Å². The molecule has 0 aromatic heterocycles. The molecule has 116 valence electrons. The van der Waals surface area contributed by atoms with Crippen molar-refractivity contribution in [3.63, 3.8) is 0 Å². The number of hydrogen-bond acceptors (Lipinski definition) is 3. The molecule has 0 radical (unpaired) electrons. The molecule has 6 nitrogen and oxygen atoms in total. The van der Waals surface area contributed by atoms with Crippen LogP contribution in [0.1, 0.15) is 34.6 Å². The molecule has 6 heteroatoms. The van der Waals surface area contributed by atoms with E-state index in [1.165, 1.54) is 0 Å². The van der Waals surface area contributed by atoms with Crippen molar-refractivity contribution in [3.8, 4) is 0 Å². The number of carboxylic acids is 1. The lowest BCUT2D eigenvalue weighted by Crippen LogP contribution is -2.57. The van der Waals surface area contributed by atoms with E-state index in [2.05, 4.69) is 24.1 Å². The highest BCUT2D eigenvalue weighted by Crippen LogP contribution is 2.20. The third-order valence-electron chi connectivity index (χ3n) is 3.71. The number of amides is 2. The van der Waals surface area contributed by atoms with Crippen molar-refractivity contribution in [1.82, 2.24) is 15.1 Å². The van der Waals surface area contributed by atoms with Gasteiger partial charge in [-0.05, 0) is 19.3 Å². The van der Waals surface area contributed by atoms with Gasteiger partial charge in [0.25, 0.3) is 0 Å². The molecule has 2 N–H and O–H groups in total. The van der Waals surface area contributed by atoms with Crippen LogP contribution in [-0.2, 0) is 4.79 Å². The Balaban J connectivity index is 2.57. The fraction of sp³-hybridized carbons (Fsp3) is 0.857. The van der Waals surface area contributed by atoms with Gasteiger partial charge < -0.3 is 15.3 Å². The first-order valence-electron chi connectivity index (χ1n) is 7.15. The number of carbonyl (C=O) groups excluding carboxylic acids is 1. The van der Waals surface area contributed by atoms with E-state index in [1.807, 2.05) is 20.8 Å². The zero-order valence-electron chi connectivity index (χ0n) is 13.1. The molecule has 0 saturated carbocycles. The second-order valence-corrected chi connectivity index (χ2v) is 6.70. The third kappa shape index (κ3) is 4.37. The topological polar surface area (TPSA) is 72.9 Å². The Bertz CT molecular complexity index is 355. The smallest absolute Gasteiger partial charge is 0.326 e. The van der Waals surface area contributed by atoms with Crippen molar-refractivity contribution >= 4 is 12.0 Å². The maximum Gasteiger partial charge on any atom is 0.326 e. The molecule has 0 aromatic carbocycles. The van der Waals surface area contributed by atoms with E-state index in [9.17, 15) is 14.7 Å². The normalized spacial score (nSPS) is 19.0. The summed E-state index contributed by atoms with van der Waals surface area (Å²) in [5.74, 6) is -0.994. The number of urea groups is 1. The minimum atomic E-state index is -0.994. The quantitative estimate of drug-likeness (QED) is 0.818. The van der Waals surface area contributed by atoms with Crippen LogP contribution >= 0.6 is 0 Å². The van der Waals surface area contributed by atoms with Crippen molar-refractivity contribution in [1.29, 1.82) is 0 Å². The number of nitrogens with zero attached hydrogens (tertiary/aromatic N) is 2. The second-order valence-electron chi connectivity index (χ2n) is 6.70. The summed E-state index contributed by atoms with van der Waals surface area (Å²) >= 11 is 0. The summed E-state index contributed by atoms with van der Waals surface area (Å²) in [5, 5.41) is 11.9. The fourth-order valence-corrected chi connectivity index (χ4v) is 2.30. The molecule has 1 aliphatic heterocycles. The number of carboxylic acid groups (broad SMARTS) is 1. The van der Waals surface area contributed by atoms with Gasteiger partial charge in [0.15, 0.2) is 0 Å². The molecule has 1 aliphatic rings. The Morgan fingerprint density at radius 2 is 1.60 bits per heavy atom. The number of nitrogens with one attached hydrogen (secondary N) is 1. The molecule has 1 heterocycles. The first-order chi connectivity index (χ1) is 9.12. The molecule has 2 amide bonds. The summed E-state index contributed by atoms with van der Waals surface area (Å²) in [5.41, 5.74) is -0.513. The number of piperazine rings is 1. The molecule has 20 heavy (non-hydrogen) atoms. The predicted octanol–water partition coefficient (Wildman–Crippen LogP) is 1.22. The van der Waals surface area contributed by atoms with Gasteiger partial charge in [0.1, 0.15) is 6.04 Å². The van der Waals surface area contributed by atoms with E-state index in [4.69, 9.17) is 0 Å². The highest BCUT2D eigenvalue weighted by Gasteiger charge is 2.34. The predicted molar refractivity (Wildman–Crippen MR) is 77.7 cm³/mol. The lowest BCUT2D eigenvalue weighted by molar-refractivity contribution is -0.142. The third-order valence-corrected chi connectivity index (χ3v) is 3.71. The van der Waals surface area contributed by atoms with Gasteiger partial charge in [-0.3, -0.25) is 4.90 Å². The van der Waals surface area contributed by atoms with Gasteiger partial charge in [-0.25, -0.2) is 9.59 Å². The van der Waals surface area contributed by atoms with E-state index < -0.39 is 17.4 Å². The van der Waals surface area contributed by atoms with Gasteiger partial charge in [-0.1, -0.05) is 20.8 Å². The average molecular weight is 285 g/mol. The van der Waals surface area contributed by atoms with Crippen LogP contribution in [0.15, 0.2) is 0 Å². The van der Waals surface area contributed by atoms with Gasteiger partial charge in [-0.15, -0.1) is 0 Å². The molecular formula is C14H27N3O3. The average Bonchev–Trinajstić information content (AvgIpc) is 2.33. The van der Waals surface area contributed by atoms with E-state index in [0.717, 1.165) is 13.1 Å². The number of hydrogen-bond donors (Lipinski definition) is 2. The Kier molecular flexibility index (Phi) is 5.39. The summed E-state index contributed by atoms with van der Waals surface area (Å²) in [6, 6.07) is -0.685. The molecule has 0 spiro atoms. The maximum absolute atomic E-state index is 12.2. The molecule has 0 bridgehead atoms. The highest BCUT2D eigenvalue weighted by atomic mass is 16.4. The standard InChI is InChI=1S/C14H27N3O3/c1-10(2)16-6-8-17(9-7-16)13(20)15-11(12(18)19)14(3,4)5/h10-11H,6-9H2,1-5H3,(H,15,20)(H,18,19)/t11-/m1/s1.